The molecule has 0 radical (unpaired) electrons. The van der Waals surface area contributed by atoms with Crippen LogP contribution in [0.2, 0.25) is 5.02 Å². The number of aromatic nitrogens is 2. The summed E-state index contributed by atoms with van der Waals surface area (Å²) in [7, 11) is 1.53. The lowest BCUT2D eigenvalue weighted by Crippen LogP contribution is -2.24. The molecule has 1 N–H and O–H groups in total. The molecule has 2 heterocycles. The lowest BCUT2D eigenvalue weighted by molar-refractivity contribution is -0.117. The minimum Gasteiger partial charge on any atom is -0.497 e. The molecule has 2 amide bonds. The van der Waals surface area contributed by atoms with Gasteiger partial charge in [0.15, 0.2) is 0 Å². The van der Waals surface area contributed by atoms with Gasteiger partial charge in [0.2, 0.25) is 11.8 Å². The molecular weight excluding hydrogens is 396 g/mol. The highest BCUT2D eigenvalue weighted by Gasteiger charge is 2.35. The van der Waals surface area contributed by atoms with E-state index in [-0.39, 0.29) is 24.3 Å². The third-order valence-electron chi connectivity index (χ3n) is 4.61. The third kappa shape index (κ3) is 4.07. The van der Waals surface area contributed by atoms with E-state index in [0.717, 1.165) is 5.69 Å². The van der Waals surface area contributed by atoms with E-state index in [1.165, 1.54) is 7.11 Å². The van der Waals surface area contributed by atoms with Crippen molar-refractivity contribution in [2.75, 3.05) is 23.9 Å². The van der Waals surface area contributed by atoms with Gasteiger partial charge in [-0.3, -0.25) is 14.9 Å². The molecule has 8 nitrogen and oxygen atoms in total. The Kier molecular flexibility index (Phi) is 5.18. The Morgan fingerprint density at radius 2 is 2.03 bits per heavy atom. The average molecular weight is 413 g/mol. The first-order valence-corrected chi connectivity index (χ1v) is 9.26. The van der Waals surface area contributed by atoms with Crippen molar-refractivity contribution in [3.05, 3.63) is 65.0 Å². The number of hydrogen-bond acceptors (Lipinski definition) is 6. The van der Waals surface area contributed by atoms with Crippen LogP contribution in [0.3, 0.4) is 0 Å². The van der Waals surface area contributed by atoms with E-state index in [2.05, 4.69) is 15.5 Å². The number of nitrogens with zero attached hydrogens (tertiary/aromatic N) is 3. The molecule has 0 aliphatic carbocycles. The Bertz CT molecular complexity index is 1050. The monoisotopic (exact) mass is 412 g/mol. The van der Waals surface area contributed by atoms with Gasteiger partial charge in [-0.05, 0) is 42.5 Å². The number of carbonyl (C=O) groups is 2. The highest BCUT2D eigenvalue weighted by Crippen LogP contribution is 2.32. The van der Waals surface area contributed by atoms with E-state index in [9.17, 15) is 9.59 Å². The summed E-state index contributed by atoms with van der Waals surface area (Å²) >= 11 is 5.91. The Hall–Kier alpha value is -3.39. The van der Waals surface area contributed by atoms with Gasteiger partial charge in [-0.2, -0.15) is 0 Å². The van der Waals surface area contributed by atoms with Crippen molar-refractivity contribution >= 4 is 35.1 Å². The zero-order valence-electron chi connectivity index (χ0n) is 15.5. The molecule has 1 aliphatic rings. The second-order valence-electron chi connectivity index (χ2n) is 6.51. The molecule has 2 aromatic carbocycles. The van der Waals surface area contributed by atoms with E-state index in [1.54, 1.807) is 53.4 Å². The van der Waals surface area contributed by atoms with Crippen LogP contribution in [0, 0.1) is 0 Å². The van der Waals surface area contributed by atoms with Crippen molar-refractivity contribution < 1.29 is 18.7 Å². The molecule has 1 aromatic heterocycles. The van der Waals surface area contributed by atoms with Crippen molar-refractivity contribution in [1.82, 2.24) is 10.2 Å². The Morgan fingerprint density at radius 1 is 1.24 bits per heavy atom. The SMILES string of the molecule is COc1cccc(C(=O)Nc2nnc([C@@H]3CC(=O)N(c4ccc(Cl)cc4)C3)o2)c1. The van der Waals surface area contributed by atoms with Crippen molar-refractivity contribution in [1.29, 1.82) is 0 Å². The van der Waals surface area contributed by atoms with Gasteiger partial charge in [-0.15, -0.1) is 5.10 Å². The number of nitrogens with one attached hydrogen (secondary N) is 1. The molecule has 1 saturated heterocycles. The van der Waals surface area contributed by atoms with Gasteiger partial charge in [0.1, 0.15) is 5.75 Å². The molecule has 0 bridgehead atoms. The van der Waals surface area contributed by atoms with Gasteiger partial charge in [0, 0.05) is 29.2 Å². The summed E-state index contributed by atoms with van der Waals surface area (Å²) in [5, 5.41) is 11.0. The molecule has 4 rings (SSSR count). The van der Waals surface area contributed by atoms with Gasteiger partial charge < -0.3 is 14.1 Å². The maximum absolute atomic E-state index is 12.4. The first-order valence-electron chi connectivity index (χ1n) is 8.88. The number of anilines is 2. The number of halogens is 1. The summed E-state index contributed by atoms with van der Waals surface area (Å²) < 4.78 is 10.7. The smallest absolute Gasteiger partial charge is 0.322 e. The molecule has 148 valence electrons. The van der Waals surface area contributed by atoms with Gasteiger partial charge >= 0.3 is 6.01 Å². The summed E-state index contributed by atoms with van der Waals surface area (Å²) in [6.45, 7) is 0.409. The van der Waals surface area contributed by atoms with Crippen LogP contribution in [0.5, 0.6) is 5.75 Å². The second kappa shape index (κ2) is 7.92. The quantitative estimate of drug-likeness (QED) is 0.688. The summed E-state index contributed by atoms with van der Waals surface area (Å²) in [6, 6.07) is 13.7. The fourth-order valence-electron chi connectivity index (χ4n) is 3.13. The van der Waals surface area contributed by atoms with Gasteiger partial charge in [0.05, 0.1) is 13.0 Å². The molecule has 0 saturated carbocycles. The predicted molar refractivity (Wildman–Crippen MR) is 106 cm³/mol. The largest absolute Gasteiger partial charge is 0.497 e. The number of methoxy groups -OCH3 is 1. The summed E-state index contributed by atoms with van der Waals surface area (Å²) in [5.41, 5.74) is 1.15. The van der Waals surface area contributed by atoms with E-state index in [0.29, 0.717) is 28.8 Å². The maximum Gasteiger partial charge on any atom is 0.322 e. The minimum atomic E-state index is -0.399. The van der Waals surface area contributed by atoms with Crippen molar-refractivity contribution in [3.63, 3.8) is 0 Å². The lowest BCUT2D eigenvalue weighted by Gasteiger charge is -2.16. The van der Waals surface area contributed by atoms with Crippen molar-refractivity contribution in [2.45, 2.75) is 12.3 Å². The van der Waals surface area contributed by atoms with Crippen LogP contribution in [-0.4, -0.2) is 35.7 Å². The lowest BCUT2D eigenvalue weighted by atomic mass is 10.1. The highest BCUT2D eigenvalue weighted by atomic mass is 35.5. The minimum absolute atomic E-state index is 0.0230. The maximum atomic E-state index is 12.4. The van der Waals surface area contributed by atoms with Crippen molar-refractivity contribution in [3.8, 4) is 5.75 Å². The van der Waals surface area contributed by atoms with Crippen LogP contribution in [0.25, 0.3) is 0 Å². The molecule has 9 heteroatoms. The Labute approximate surface area is 171 Å². The average Bonchev–Trinajstić information content (AvgIpc) is 3.35. The molecule has 1 aliphatic heterocycles. The van der Waals surface area contributed by atoms with E-state index < -0.39 is 5.91 Å². The fourth-order valence-corrected chi connectivity index (χ4v) is 3.25. The molecular formula is C20H17ClN4O4. The van der Waals surface area contributed by atoms with Gasteiger partial charge in [-0.1, -0.05) is 22.8 Å². The summed E-state index contributed by atoms with van der Waals surface area (Å²) in [6.07, 6.45) is 0.244. The molecule has 1 fully saturated rings. The Morgan fingerprint density at radius 3 is 2.79 bits per heavy atom. The standard InChI is InChI=1S/C20H17ClN4O4/c1-28-16-4-2-3-12(9-16)18(27)22-20-24-23-19(29-20)13-10-17(26)25(11-13)15-7-5-14(21)6-8-15/h2-9,13H,10-11H2,1H3,(H,22,24,27)/t13-/m1/s1. The molecule has 0 unspecified atom stereocenters. The fraction of sp³-hybridized carbons (Fsp3) is 0.200. The van der Waals surface area contributed by atoms with E-state index in [1.807, 2.05) is 0 Å². The van der Waals surface area contributed by atoms with E-state index >= 15 is 0 Å². The van der Waals surface area contributed by atoms with E-state index in [4.69, 9.17) is 20.8 Å². The summed E-state index contributed by atoms with van der Waals surface area (Å²) in [4.78, 5) is 26.4. The van der Waals surface area contributed by atoms with Crippen LogP contribution in [0.4, 0.5) is 11.7 Å². The first kappa shape index (κ1) is 18.9. The molecule has 0 spiro atoms. The van der Waals surface area contributed by atoms with Crippen molar-refractivity contribution in [2.24, 2.45) is 0 Å². The number of amides is 2. The highest BCUT2D eigenvalue weighted by molar-refractivity contribution is 6.30. The van der Waals surface area contributed by atoms with Crippen LogP contribution in [0.15, 0.2) is 52.9 Å². The van der Waals surface area contributed by atoms with Crippen LogP contribution >= 0.6 is 11.6 Å². The normalized spacial score (nSPS) is 16.1. The zero-order valence-corrected chi connectivity index (χ0v) is 16.2. The third-order valence-corrected chi connectivity index (χ3v) is 4.86. The first-order chi connectivity index (χ1) is 14.0. The molecule has 29 heavy (non-hydrogen) atoms. The number of hydrogen-bond donors (Lipinski definition) is 1. The number of benzene rings is 2. The topological polar surface area (TPSA) is 97.6 Å². The molecule has 3 aromatic rings. The second-order valence-corrected chi connectivity index (χ2v) is 6.95. The van der Waals surface area contributed by atoms with Gasteiger partial charge in [-0.25, -0.2) is 0 Å². The van der Waals surface area contributed by atoms with Crippen LogP contribution in [-0.2, 0) is 4.79 Å². The number of ether oxygens (including phenoxy) is 1. The number of rotatable bonds is 5. The Balaban J connectivity index is 1.44. The van der Waals surface area contributed by atoms with Crippen LogP contribution in [0.1, 0.15) is 28.6 Å². The van der Waals surface area contributed by atoms with Crippen LogP contribution < -0.4 is 15.0 Å². The zero-order chi connectivity index (χ0) is 20.4. The predicted octanol–water partition coefficient (Wildman–Crippen LogP) is 3.50. The number of carbonyl (C=O) groups excluding carboxylic acids is 2. The summed E-state index contributed by atoms with van der Waals surface area (Å²) in [5.74, 6) is 0.168. The van der Waals surface area contributed by atoms with Gasteiger partial charge in [0.25, 0.3) is 5.91 Å². The molecule has 1 atom stereocenters.